The fourth-order valence-electron chi connectivity index (χ4n) is 4.11. The monoisotopic (exact) mass is 378 g/mol. The zero-order chi connectivity index (χ0) is 18.3. The summed E-state index contributed by atoms with van der Waals surface area (Å²) in [5, 5.41) is 9.23. The summed E-state index contributed by atoms with van der Waals surface area (Å²) in [6, 6.07) is 7.03. The number of carbonyl (C=O) groups is 1. The van der Waals surface area contributed by atoms with Gasteiger partial charge in [0.2, 0.25) is 5.91 Å². The summed E-state index contributed by atoms with van der Waals surface area (Å²) >= 11 is 0. The number of rotatable bonds is 4. The molecule has 1 amide bonds. The Labute approximate surface area is 151 Å². The van der Waals surface area contributed by atoms with E-state index in [1.165, 1.54) is 0 Å². The maximum Gasteiger partial charge on any atom is 0.242 e. The van der Waals surface area contributed by atoms with Crippen molar-refractivity contribution in [2.24, 2.45) is 0 Å². The third-order valence-corrected chi connectivity index (χ3v) is 7.03. The standard InChI is InChI=1S/C17H22N4O4S/c22-8-7-19-5-6-21(16-11-26(24,25)10-15(16)19)17(23)9-20-12-18-13-3-1-2-4-14(13)20/h1-4,12,15-16,22H,5-11H2/t15-,16+/m0/s1. The second kappa shape index (κ2) is 6.64. The van der Waals surface area contributed by atoms with E-state index in [2.05, 4.69) is 4.98 Å². The first-order chi connectivity index (χ1) is 12.5. The van der Waals surface area contributed by atoms with Gasteiger partial charge in [0.25, 0.3) is 0 Å². The van der Waals surface area contributed by atoms with Crippen LogP contribution in [0.25, 0.3) is 11.0 Å². The van der Waals surface area contributed by atoms with Gasteiger partial charge < -0.3 is 14.6 Å². The number of piperazine rings is 1. The molecule has 2 saturated heterocycles. The number of hydrogen-bond acceptors (Lipinski definition) is 6. The third-order valence-electron chi connectivity index (χ3n) is 5.33. The zero-order valence-electron chi connectivity index (χ0n) is 14.4. The van der Waals surface area contributed by atoms with Crippen LogP contribution in [0.1, 0.15) is 0 Å². The quantitative estimate of drug-likeness (QED) is 0.759. The molecule has 0 spiro atoms. The topological polar surface area (TPSA) is 95.7 Å². The summed E-state index contributed by atoms with van der Waals surface area (Å²) in [6.07, 6.45) is 1.65. The summed E-state index contributed by atoms with van der Waals surface area (Å²) in [5.41, 5.74) is 1.71. The van der Waals surface area contributed by atoms with Crippen molar-refractivity contribution < 1.29 is 18.3 Å². The molecular formula is C17H22N4O4S. The van der Waals surface area contributed by atoms with Gasteiger partial charge in [0.15, 0.2) is 9.84 Å². The maximum atomic E-state index is 12.9. The number of para-hydroxylation sites is 2. The van der Waals surface area contributed by atoms with E-state index in [1.54, 1.807) is 15.8 Å². The van der Waals surface area contributed by atoms with Crippen LogP contribution in [0.2, 0.25) is 0 Å². The van der Waals surface area contributed by atoms with Crippen LogP contribution in [-0.2, 0) is 21.2 Å². The van der Waals surface area contributed by atoms with Crippen molar-refractivity contribution in [3.8, 4) is 0 Å². The van der Waals surface area contributed by atoms with E-state index in [9.17, 15) is 18.3 Å². The smallest absolute Gasteiger partial charge is 0.242 e. The number of hydrogen-bond donors (Lipinski definition) is 1. The van der Waals surface area contributed by atoms with E-state index in [-0.39, 0.29) is 42.6 Å². The second-order valence-electron chi connectivity index (χ2n) is 6.92. The highest BCUT2D eigenvalue weighted by atomic mass is 32.2. The van der Waals surface area contributed by atoms with Crippen LogP contribution in [0.4, 0.5) is 0 Å². The van der Waals surface area contributed by atoms with Crippen molar-refractivity contribution >= 4 is 26.8 Å². The molecule has 2 aromatic rings. The molecule has 0 saturated carbocycles. The number of sulfone groups is 1. The number of fused-ring (bicyclic) bond motifs is 2. The van der Waals surface area contributed by atoms with Crippen molar-refractivity contribution in [2.45, 2.75) is 18.6 Å². The Bertz CT molecular complexity index is 926. The van der Waals surface area contributed by atoms with E-state index in [0.29, 0.717) is 19.6 Å². The normalized spacial score (nSPS) is 25.5. The fraction of sp³-hybridized carbons (Fsp3) is 0.529. The van der Waals surface area contributed by atoms with Crippen LogP contribution in [0.3, 0.4) is 0 Å². The Morgan fingerprint density at radius 3 is 2.77 bits per heavy atom. The highest BCUT2D eigenvalue weighted by molar-refractivity contribution is 7.91. The minimum Gasteiger partial charge on any atom is -0.395 e. The average Bonchev–Trinajstić information content (AvgIpc) is 3.15. The molecule has 0 aliphatic carbocycles. The minimum atomic E-state index is -3.18. The predicted molar refractivity (Wildman–Crippen MR) is 96.3 cm³/mol. The number of β-amino-alcohol motifs (C(OH)–C–C–N with tert-alkyl or cyclic N) is 1. The van der Waals surface area contributed by atoms with Crippen molar-refractivity contribution in [3.63, 3.8) is 0 Å². The van der Waals surface area contributed by atoms with Crippen LogP contribution < -0.4 is 0 Å². The van der Waals surface area contributed by atoms with E-state index in [0.717, 1.165) is 11.0 Å². The Hall–Kier alpha value is -1.97. The SMILES string of the molecule is O=C(Cn1cnc2ccccc21)N1CCN(CCO)[C@H]2CS(=O)(=O)C[C@H]21. The number of aliphatic hydroxyl groups excluding tert-OH is 1. The Balaban J connectivity index is 1.56. The Morgan fingerprint density at radius 1 is 1.19 bits per heavy atom. The first-order valence-corrected chi connectivity index (χ1v) is 10.6. The number of aliphatic hydroxyl groups is 1. The lowest BCUT2D eigenvalue weighted by Crippen LogP contribution is -2.61. The van der Waals surface area contributed by atoms with Gasteiger partial charge in [-0.2, -0.15) is 0 Å². The lowest BCUT2D eigenvalue weighted by Gasteiger charge is -2.43. The number of imidazole rings is 1. The first kappa shape index (κ1) is 17.4. The molecule has 26 heavy (non-hydrogen) atoms. The highest BCUT2D eigenvalue weighted by Gasteiger charge is 2.47. The molecule has 0 bridgehead atoms. The van der Waals surface area contributed by atoms with Gasteiger partial charge in [-0.25, -0.2) is 13.4 Å². The first-order valence-electron chi connectivity index (χ1n) is 8.73. The third kappa shape index (κ3) is 3.10. The molecule has 2 fully saturated rings. The predicted octanol–water partition coefficient (Wildman–Crippen LogP) is -0.662. The molecule has 8 nitrogen and oxygen atoms in total. The second-order valence-corrected chi connectivity index (χ2v) is 9.07. The molecule has 4 rings (SSSR count). The van der Waals surface area contributed by atoms with E-state index >= 15 is 0 Å². The molecule has 3 heterocycles. The number of carbonyl (C=O) groups excluding carboxylic acids is 1. The van der Waals surface area contributed by atoms with Crippen molar-refractivity contribution in [1.82, 2.24) is 19.4 Å². The van der Waals surface area contributed by atoms with Crippen LogP contribution in [-0.4, -0.2) is 88.6 Å². The molecular weight excluding hydrogens is 356 g/mol. The molecule has 2 aliphatic rings. The molecule has 1 N–H and O–H groups in total. The van der Waals surface area contributed by atoms with Gasteiger partial charge in [-0.1, -0.05) is 12.1 Å². The lowest BCUT2D eigenvalue weighted by molar-refractivity contribution is -0.137. The summed E-state index contributed by atoms with van der Waals surface area (Å²) in [4.78, 5) is 20.9. The largest absolute Gasteiger partial charge is 0.395 e. The summed E-state index contributed by atoms with van der Waals surface area (Å²) in [6.45, 7) is 1.61. The number of benzene rings is 1. The zero-order valence-corrected chi connectivity index (χ0v) is 15.2. The van der Waals surface area contributed by atoms with Gasteiger partial charge in [0.1, 0.15) is 6.54 Å². The number of amides is 1. The van der Waals surface area contributed by atoms with Crippen LogP contribution >= 0.6 is 0 Å². The number of aromatic nitrogens is 2. The van der Waals surface area contributed by atoms with Crippen LogP contribution in [0.15, 0.2) is 30.6 Å². The van der Waals surface area contributed by atoms with Gasteiger partial charge in [-0.05, 0) is 12.1 Å². The van der Waals surface area contributed by atoms with Gasteiger partial charge >= 0.3 is 0 Å². The summed E-state index contributed by atoms with van der Waals surface area (Å²) in [7, 11) is -3.18. The molecule has 9 heteroatoms. The van der Waals surface area contributed by atoms with Crippen LogP contribution in [0.5, 0.6) is 0 Å². The van der Waals surface area contributed by atoms with Gasteiger partial charge in [0.05, 0.1) is 41.5 Å². The lowest BCUT2D eigenvalue weighted by atomic mass is 10.0. The minimum absolute atomic E-state index is 0.00396. The fourth-order valence-corrected chi connectivity index (χ4v) is 6.13. The van der Waals surface area contributed by atoms with Gasteiger partial charge in [-0.3, -0.25) is 9.69 Å². The van der Waals surface area contributed by atoms with Gasteiger partial charge in [-0.15, -0.1) is 0 Å². The molecule has 1 aromatic carbocycles. The van der Waals surface area contributed by atoms with Crippen molar-refractivity contribution in [2.75, 3.05) is 37.7 Å². The Kier molecular flexibility index (Phi) is 4.45. The average molecular weight is 378 g/mol. The molecule has 140 valence electrons. The molecule has 0 unspecified atom stereocenters. The van der Waals surface area contributed by atoms with E-state index < -0.39 is 9.84 Å². The maximum absolute atomic E-state index is 12.9. The van der Waals surface area contributed by atoms with Crippen molar-refractivity contribution in [3.05, 3.63) is 30.6 Å². The van der Waals surface area contributed by atoms with Crippen LogP contribution in [0, 0.1) is 0 Å². The molecule has 2 aliphatic heterocycles. The molecule has 1 aromatic heterocycles. The number of nitrogens with zero attached hydrogens (tertiary/aromatic N) is 4. The highest BCUT2D eigenvalue weighted by Crippen LogP contribution is 2.27. The van der Waals surface area contributed by atoms with E-state index in [1.807, 2.05) is 29.2 Å². The summed E-state index contributed by atoms with van der Waals surface area (Å²) in [5.74, 6) is -0.0465. The Morgan fingerprint density at radius 2 is 1.96 bits per heavy atom. The molecule has 2 atom stereocenters. The van der Waals surface area contributed by atoms with E-state index in [4.69, 9.17) is 0 Å². The van der Waals surface area contributed by atoms with Gasteiger partial charge in [0, 0.05) is 25.7 Å². The van der Waals surface area contributed by atoms with Crippen molar-refractivity contribution in [1.29, 1.82) is 0 Å². The molecule has 0 radical (unpaired) electrons. The summed E-state index contributed by atoms with van der Waals surface area (Å²) < 4.78 is 26.1.